The van der Waals surface area contributed by atoms with E-state index in [1.54, 1.807) is 0 Å². The Bertz CT molecular complexity index is 187. The van der Waals surface area contributed by atoms with E-state index in [0.29, 0.717) is 0 Å². The standard InChI is InChI=1S/C5H9N3O3/c1-8(2)4(9)6-7-5(10)11-3/h1-3H3/b7-6+. The maximum Gasteiger partial charge on any atom is 0.452 e. The first-order valence-electron chi connectivity index (χ1n) is 2.79. The molecule has 0 aromatic heterocycles. The molecule has 0 aliphatic heterocycles. The lowest BCUT2D eigenvalue weighted by Crippen LogP contribution is -2.17. The van der Waals surface area contributed by atoms with Crippen LogP contribution in [0.4, 0.5) is 9.59 Å². The molecule has 6 heteroatoms. The number of urea groups is 1. The van der Waals surface area contributed by atoms with E-state index in [0.717, 1.165) is 7.11 Å². The highest BCUT2D eigenvalue weighted by Crippen LogP contribution is 1.87. The first-order valence-corrected chi connectivity index (χ1v) is 2.79. The lowest BCUT2D eigenvalue weighted by molar-refractivity contribution is 0.179. The summed E-state index contributed by atoms with van der Waals surface area (Å²) >= 11 is 0. The monoisotopic (exact) mass is 159 g/mol. The van der Waals surface area contributed by atoms with Crippen LogP contribution in [0.1, 0.15) is 0 Å². The third-order valence-electron chi connectivity index (χ3n) is 0.774. The van der Waals surface area contributed by atoms with Crippen molar-refractivity contribution in [1.29, 1.82) is 0 Å². The van der Waals surface area contributed by atoms with Gasteiger partial charge >= 0.3 is 12.1 Å². The van der Waals surface area contributed by atoms with E-state index in [1.807, 2.05) is 0 Å². The third kappa shape index (κ3) is 4.01. The molecule has 0 saturated heterocycles. The van der Waals surface area contributed by atoms with Gasteiger partial charge in [-0.25, -0.2) is 9.59 Å². The van der Waals surface area contributed by atoms with Gasteiger partial charge in [0, 0.05) is 14.1 Å². The van der Waals surface area contributed by atoms with Crippen LogP contribution < -0.4 is 0 Å². The average Bonchev–Trinajstić information content (AvgIpc) is 1.99. The highest BCUT2D eigenvalue weighted by atomic mass is 16.5. The molecule has 3 amide bonds. The van der Waals surface area contributed by atoms with E-state index in [1.165, 1.54) is 19.0 Å². The third-order valence-corrected chi connectivity index (χ3v) is 0.774. The normalized spacial score (nSPS) is 9.73. The average molecular weight is 159 g/mol. The summed E-state index contributed by atoms with van der Waals surface area (Å²) in [5.41, 5.74) is 0. The summed E-state index contributed by atoms with van der Waals surface area (Å²) in [5, 5.41) is 5.97. The van der Waals surface area contributed by atoms with Crippen molar-refractivity contribution in [2.75, 3.05) is 21.2 Å². The summed E-state index contributed by atoms with van der Waals surface area (Å²) in [7, 11) is 4.15. The smallest absolute Gasteiger partial charge is 0.450 e. The highest BCUT2D eigenvalue weighted by molar-refractivity contribution is 5.76. The van der Waals surface area contributed by atoms with Crippen LogP contribution in [-0.4, -0.2) is 38.2 Å². The Morgan fingerprint density at radius 3 is 2.18 bits per heavy atom. The van der Waals surface area contributed by atoms with Gasteiger partial charge in [-0.1, -0.05) is 10.2 Å². The molecule has 0 spiro atoms. The van der Waals surface area contributed by atoms with E-state index in [4.69, 9.17) is 0 Å². The van der Waals surface area contributed by atoms with E-state index in [9.17, 15) is 9.59 Å². The number of methoxy groups -OCH3 is 1. The fraction of sp³-hybridized carbons (Fsp3) is 0.600. The molecule has 0 bridgehead atoms. The van der Waals surface area contributed by atoms with Gasteiger partial charge in [-0.05, 0) is 0 Å². The van der Waals surface area contributed by atoms with Crippen LogP contribution in [0.15, 0.2) is 10.2 Å². The van der Waals surface area contributed by atoms with Crippen LogP contribution in [0.2, 0.25) is 0 Å². The molecule has 0 aliphatic rings. The lowest BCUT2D eigenvalue weighted by atomic mass is 10.9. The van der Waals surface area contributed by atoms with Gasteiger partial charge in [0.15, 0.2) is 0 Å². The zero-order valence-electron chi connectivity index (χ0n) is 6.57. The number of rotatable bonds is 0. The first kappa shape index (κ1) is 9.54. The van der Waals surface area contributed by atoms with Crippen molar-refractivity contribution < 1.29 is 14.3 Å². The van der Waals surface area contributed by atoms with Gasteiger partial charge in [0.1, 0.15) is 0 Å². The van der Waals surface area contributed by atoms with Crippen LogP contribution in [0.3, 0.4) is 0 Å². The van der Waals surface area contributed by atoms with Crippen LogP contribution in [0, 0.1) is 0 Å². The van der Waals surface area contributed by atoms with Crippen molar-refractivity contribution in [3.05, 3.63) is 0 Å². The molecule has 0 radical (unpaired) electrons. The largest absolute Gasteiger partial charge is 0.452 e. The van der Waals surface area contributed by atoms with E-state index in [2.05, 4.69) is 15.0 Å². The summed E-state index contributed by atoms with van der Waals surface area (Å²) in [5.74, 6) is 0. The summed E-state index contributed by atoms with van der Waals surface area (Å²) in [6.07, 6.45) is -0.889. The van der Waals surface area contributed by atoms with Gasteiger partial charge in [0.2, 0.25) is 0 Å². The second-order valence-corrected chi connectivity index (χ2v) is 1.85. The number of azo groups is 1. The van der Waals surface area contributed by atoms with E-state index < -0.39 is 12.1 Å². The molecule has 11 heavy (non-hydrogen) atoms. The van der Waals surface area contributed by atoms with Crippen molar-refractivity contribution in [3.8, 4) is 0 Å². The number of ether oxygens (including phenoxy) is 1. The van der Waals surface area contributed by atoms with Crippen molar-refractivity contribution in [2.24, 2.45) is 10.2 Å². The molecular weight excluding hydrogens is 150 g/mol. The Labute approximate surface area is 63.8 Å². The van der Waals surface area contributed by atoms with E-state index in [-0.39, 0.29) is 0 Å². The van der Waals surface area contributed by atoms with Gasteiger partial charge in [-0.3, -0.25) is 0 Å². The summed E-state index contributed by atoms with van der Waals surface area (Å²) in [6, 6.07) is -0.601. The number of nitrogens with zero attached hydrogens (tertiary/aromatic N) is 3. The Morgan fingerprint density at radius 2 is 1.82 bits per heavy atom. The molecule has 0 aromatic carbocycles. The minimum absolute atomic E-state index is 0.601. The van der Waals surface area contributed by atoms with Gasteiger partial charge in [-0.2, -0.15) is 0 Å². The number of amides is 3. The predicted molar refractivity (Wildman–Crippen MR) is 36.3 cm³/mol. The van der Waals surface area contributed by atoms with Crippen molar-refractivity contribution in [2.45, 2.75) is 0 Å². The van der Waals surface area contributed by atoms with Crippen molar-refractivity contribution in [3.63, 3.8) is 0 Å². The number of hydrogen-bond acceptors (Lipinski definition) is 3. The Balaban J connectivity index is 3.93. The Hall–Kier alpha value is -1.46. The number of carbonyl (C=O) groups is 2. The van der Waals surface area contributed by atoms with Gasteiger partial charge < -0.3 is 9.64 Å². The van der Waals surface area contributed by atoms with E-state index >= 15 is 0 Å². The summed E-state index contributed by atoms with van der Waals surface area (Å²) < 4.78 is 4.11. The number of carbonyl (C=O) groups excluding carboxylic acids is 2. The fourth-order valence-corrected chi connectivity index (χ4v) is 0.214. The lowest BCUT2D eigenvalue weighted by Gasteiger charge is -2.01. The molecule has 0 fully saturated rings. The summed E-state index contributed by atoms with van der Waals surface area (Å²) in [4.78, 5) is 22.1. The Kier molecular flexibility index (Phi) is 3.79. The highest BCUT2D eigenvalue weighted by Gasteiger charge is 2.01. The van der Waals surface area contributed by atoms with Gasteiger partial charge in [-0.15, -0.1) is 0 Å². The molecule has 0 saturated carbocycles. The molecule has 0 unspecified atom stereocenters. The molecule has 6 nitrogen and oxygen atoms in total. The molecule has 0 heterocycles. The SMILES string of the molecule is COC(=O)/N=N/C(=O)N(C)C. The molecule has 0 atom stereocenters. The molecule has 62 valence electrons. The van der Waals surface area contributed by atoms with Crippen molar-refractivity contribution >= 4 is 12.1 Å². The molecule has 0 N–H and O–H groups in total. The molecule has 0 aromatic rings. The topological polar surface area (TPSA) is 71.3 Å². The minimum Gasteiger partial charge on any atom is -0.450 e. The second kappa shape index (κ2) is 4.37. The first-order chi connectivity index (χ1) is 5.07. The second-order valence-electron chi connectivity index (χ2n) is 1.85. The predicted octanol–water partition coefficient (Wildman–Crippen LogP) is 0.887. The van der Waals surface area contributed by atoms with Gasteiger partial charge in [0.25, 0.3) is 0 Å². The van der Waals surface area contributed by atoms with Gasteiger partial charge in [0.05, 0.1) is 7.11 Å². The maximum atomic E-state index is 10.6. The Morgan fingerprint density at radius 1 is 1.27 bits per heavy atom. The van der Waals surface area contributed by atoms with Crippen LogP contribution in [-0.2, 0) is 4.74 Å². The molecular formula is C5H9N3O3. The molecule has 0 rings (SSSR count). The van der Waals surface area contributed by atoms with Crippen LogP contribution in [0.5, 0.6) is 0 Å². The number of hydrogen-bond donors (Lipinski definition) is 0. The molecule has 0 aliphatic carbocycles. The fourth-order valence-electron chi connectivity index (χ4n) is 0.214. The quantitative estimate of drug-likeness (QED) is 0.492. The maximum absolute atomic E-state index is 10.6. The van der Waals surface area contributed by atoms with Crippen molar-refractivity contribution in [1.82, 2.24) is 4.90 Å². The summed E-state index contributed by atoms with van der Waals surface area (Å²) in [6.45, 7) is 0. The zero-order valence-corrected chi connectivity index (χ0v) is 6.57. The minimum atomic E-state index is -0.889. The van der Waals surface area contributed by atoms with Crippen LogP contribution in [0.25, 0.3) is 0 Å². The zero-order chi connectivity index (χ0) is 8.85. The van der Waals surface area contributed by atoms with Crippen LogP contribution >= 0.6 is 0 Å².